The summed E-state index contributed by atoms with van der Waals surface area (Å²) >= 11 is 0. The molecule has 21 heavy (non-hydrogen) atoms. The summed E-state index contributed by atoms with van der Waals surface area (Å²) in [4.78, 5) is 0. The first-order valence-electron chi connectivity index (χ1n) is 7.64. The van der Waals surface area contributed by atoms with E-state index in [1.165, 1.54) is 5.56 Å². The fraction of sp³-hybridized carbons (Fsp3) is 0.625. The zero-order valence-electron chi connectivity index (χ0n) is 12.8. The van der Waals surface area contributed by atoms with Gasteiger partial charge in [-0.3, -0.25) is 0 Å². The van der Waals surface area contributed by atoms with Crippen molar-refractivity contribution >= 4 is 9.84 Å². The van der Waals surface area contributed by atoms with Gasteiger partial charge in [-0.15, -0.1) is 0 Å². The van der Waals surface area contributed by atoms with Crippen LogP contribution in [-0.4, -0.2) is 39.1 Å². The van der Waals surface area contributed by atoms with Crippen LogP contribution in [0.15, 0.2) is 24.3 Å². The molecule has 1 saturated heterocycles. The molecule has 1 aromatic rings. The minimum absolute atomic E-state index is 0.0886. The second-order valence-corrected chi connectivity index (χ2v) is 8.31. The Balaban J connectivity index is 1.83. The van der Waals surface area contributed by atoms with E-state index in [0.717, 1.165) is 25.1 Å². The number of hydrogen-bond donors (Lipinski definition) is 1. The monoisotopic (exact) mass is 311 g/mol. The van der Waals surface area contributed by atoms with Crippen molar-refractivity contribution < 1.29 is 13.2 Å². The van der Waals surface area contributed by atoms with Crippen molar-refractivity contribution in [2.24, 2.45) is 0 Å². The first-order valence-corrected chi connectivity index (χ1v) is 9.35. The number of piperidine rings is 1. The molecule has 1 N–H and O–H groups in total. The summed E-state index contributed by atoms with van der Waals surface area (Å²) in [6.07, 6.45) is 1.69. The van der Waals surface area contributed by atoms with Gasteiger partial charge in [-0.05, 0) is 43.0 Å². The minimum Gasteiger partial charge on any atom is -0.493 e. The van der Waals surface area contributed by atoms with E-state index in [4.69, 9.17) is 4.74 Å². The second-order valence-electron chi connectivity index (χ2n) is 5.91. The van der Waals surface area contributed by atoms with Gasteiger partial charge in [-0.1, -0.05) is 26.0 Å². The van der Waals surface area contributed by atoms with Crippen LogP contribution in [-0.2, 0) is 9.84 Å². The molecule has 5 heteroatoms. The lowest BCUT2D eigenvalue weighted by atomic mass is 10.0. The van der Waals surface area contributed by atoms with Gasteiger partial charge in [0.1, 0.15) is 12.4 Å². The van der Waals surface area contributed by atoms with Gasteiger partial charge in [0, 0.05) is 6.54 Å². The summed E-state index contributed by atoms with van der Waals surface area (Å²) < 4.78 is 30.0. The Morgan fingerprint density at radius 3 is 2.57 bits per heavy atom. The highest BCUT2D eigenvalue weighted by Crippen LogP contribution is 2.19. The topological polar surface area (TPSA) is 55.4 Å². The molecule has 0 radical (unpaired) electrons. The predicted molar refractivity (Wildman–Crippen MR) is 85.7 cm³/mol. The van der Waals surface area contributed by atoms with E-state index in [9.17, 15) is 8.42 Å². The highest BCUT2D eigenvalue weighted by Gasteiger charge is 2.26. The van der Waals surface area contributed by atoms with Crippen LogP contribution >= 0.6 is 0 Å². The van der Waals surface area contributed by atoms with Crippen LogP contribution in [0.4, 0.5) is 0 Å². The van der Waals surface area contributed by atoms with Gasteiger partial charge in [0.25, 0.3) is 0 Å². The maximum atomic E-state index is 12.2. The van der Waals surface area contributed by atoms with Crippen molar-refractivity contribution in [3.8, 4) is 5.75 Å². The molecule has 1 fully saturated rings. The van der Waals surface area contributed by atoms with Crippen LogP contribution in [0.2, 0.25) is 0 Å². The van der Waals surface area contributed by atoms with Crippen molar-refractivity contribution in [2.75, 3.05) is 25.4 Å². The summed E-state index contributed by atoms with van der Waals surface area (Å²) in [5, 5.41) is 2.89. The molecule has 0 amide bonds. The van der Waals surface area contributed by atoms with Crippen molar-refractivity contribution in [3.05, 3.63) is 29.8 Å². The zero-order valence-corrected chi connectivity index (χ0v) is 13.7. The quantitative estimate of drug-likeness (QED) is 0.876. The zero-order chi connectivity index (χ0) is 15.3. The summed E-state index contributed by atoms with van der Waals surface area (Å²) in [7, 11) is -3.06. The van der Waals surface area contributed by atoms with E-state index in [1.807, 2.05) is 24.3 Å². The SMILES string of the molecule is CC(C)c1ccc(OCCS(=O)(=O)C2CCCNC2)cc1. The van der Waals surface area contributed by atoms with Crippen molar-refractivity contribution in [3.63, 3.8) is 0 Å². The Bertz CT molecular complexity index is 531. The first kappa shape index (κ1) is 16.3. The number of rotatable bonds is 6. The van der Waals surface area contributed by atoms with Crippen LogP contribution in [0.5, 0.6) is 5.75 Å². The Labute approximate surface area is 127 Å². The lowest BCUT2D eigenvalue weighted by Gasteiger charge is -2.22. The molecule has 0 saturated carbocycles. The molecule has 0 aliphatic carbocycles. The molecule has 0 bridgehead atoms. The number of hydrogen-bond acceptors (Lipinski definition) is 4. The van der Waals surface area contributed by atoms with Gasteiger partial charge in [0.2, 0.25) is 0 Å². The lowest BCUT2D eigenvalue weighted by molar-refractivity contribution is 0.339. The molecule has 1 aromatic carbocycles. The maximum Gasteiger partial charge on any atom is 0.157 e. The summed E-state index contributed by atoms with van der Waals surface area (Å²) in [6, 6.07) is 7.87. The number of ether oxygens (including phenoxy) is 1. The van der Waals surface area contributed by atoms with Gasteiger partial charge in [0.05, 0.1) is 11.0 Å². The van der Waals surface area contributed by atoms with Crippen LogP contribution in [0.25, 0.3) is 0 Å². The largest absolute Gasteiger partial charge is 0.493 e. The van der Waals surface area contributed by atoms with E-state index < -0.39 is 9.84 Å². The van der Waals surface area contributed by atoms with E-state index in [-0.39, 0.29) is 17.6 Å². The minimum atomic E-state index is -3.06. The molecule has 1 atom stereocenters. The van der Waals surface area contributed by atoms with Crippen molar-refractivity contribution in [1.29, 1.82) is 0 Å². The summed E-state index contributed by atoms with van der Waals surface area (Å²) in [5.41, 5.74) is 1.25. The molecule has 1 unspecified atom stereocenters. The van der Waals surface area contributed by atoms with E-state index >= 15 is 0 Å². The normalized spacial score (nSPS) is 19.7. The molecule has 1 heterocycles. The third-order valence-corrected chi connectivity index (χ3v) is 6.10. The smallest absolute Gasteiger partial charge is 0.157 e. The van der Waals surface area contributed by atoms with Gasteiger partial charge in [-0.25, -0.2) is 8.42 Å². The van der Waals surface area contributed by atoms with Gasteiger partial charge in [0.15, 0.2) is 9.84 Å². The lowest BCUT2D eigenvalue weighted by Crippen LogP contribution is -2.40. The molecule has 0 aromatic heterocycles. The first-order chi connectivity index (χ1) is 9.99. The fourth-order valence-corrected chi connectivity index (χ4v) is 4.06. The highest BCUT2D eigenvalue weighted by atomic mass is 32.2. The third kappa shape index (κ3) is 4.71. The fourth-order valence-electron chi connectivity index (χ4n) is 2.52. The van der Waals surface area contributed by atoms with Crippen molar-refractivity contribution in [1.82, 2.24) is 5.32 Å². The Morgan fingerprint density at radius 1 is 1.29 bits per heavy atom. The average Bonchev–Trinajstić information content (AvgIpc) is 2.48. The maximum absolute atomic E-state index is 12.2. The Morgan fingerprint density at radius 2 is 2.00 bits per heavy atom. The van der Waals surface area contributed by atoms with E-state index in [1.54, 1.807) is 0 Å². The third-order valence-electron chi connectivity index (χ3n) is 3.94. The number of sulfone groups is 1. The van der Waals surface area contributed by atoms with Crippen LogP contribution < -0.4 is 10.1 Å². The molecule has 1 aliphatic rings. The van der Waals surface area contributed by atoms with Gasteiger partial charge in [-0.2, -0.15) is 0 Å². The van der Waals surface area contributed by atoms with Crippen LogP contribution in [0.1, 0.15) is 38.2 Å². The molecule has 1 aliphatic heterocycles. The molecule has 118 valence electrons. The standard InChI is InChI=1S/C16H25NO3S/c1-13(2)14-5-7-15(8-6-14)20-10-11-21(18,19)16-4-3-9-17-12-16/h5-8,13,16-17H,3-4,9-12H2,1-2H3. The molecule has 2 rings (SSSR count). The number of benzene rings is 1. The second kappa shape index (κ2) is 7.27. The Kier molecular flexibility index (Phi) is 5.65. The molecular weight excluding hydrogens is 286 g/mol. The summed E-state index contributed by atoms with van der Waals surface area (Å²) in [6.45, 7) is 6.00. The van der Waals surface area contributed by atoms with E-state index in [0.29, 0.717) is 12.5 Å². The summed E-state index contributed by atoms with van der Waals surface area (Å²) in [5.74, 6) is 1.31. The van der Waals surface area contributed by atoms with Gasteiger partial charge >= 0.3 is 0 Å². The average molecular weight is 311 g/mol. The molecule has 4 nitrogen and oxygen atoms in total. The number of nitrogens with one attached hydrogen (secondary N) is 1. The highest BCUT2D eigenvalue weighted by molar-refractivity contribution is 7.92. The van der Waals surface area contributed by atoms with Crippen molar-refractivity contribution in [2.45, 2.75) is 37.9 Å². The molecule has 0 spiro atoms. The molecular formula is C16H25NO3S. The van der Waals surface area contributed by atoms with Crippen LogP contribution in [0.3, 0.4) is 0 Å². The predicted octanol–water partition coefficient (Wildman–Crippen LogP) is 2.36. The Hall–Kier alpha value is -1.07. The van der Waals surface area contributed by atoms with Crippen LogP contribution in [0, 0.1) is 0 Å². The van der Waals surface area contributed by atoms with Gasteiger partial charge < -0.3 is 10.1 Å². The van der Waals surface area contributed by atoms with E-state index in [2.05, 4.69) is 19.2 Å².